The highest BCUT2D eigenvalue weighted by Gasteiger charge is 2.10. The smallest absolute Gasteiger partial charge is 0.214 e. The average Bonchev–Trinajstić information content (AvgIpc) is 2.01. The first-order valence-corrected chi connectivity index (χ1v) is 6.20. The van der Waals surface area contributed by atoms with Crippen molar-refractivity contribution >= 4 is 10.0 Å². The lowest BCUT2D eigenvalue weighted by atomic mass is 10.4. The highest BCUT2D eigenvalue weighted by Crippen LogP contribution is 1.89. The number of nitrogens with one attached hydrogen (secondary N) is 1. The van der Waals surface area contributed by atoms with Gasteiger partial charge in [-0.3, -0.25) is 0 Å². The van der Waals surface area contributed by atoms with Crippen LogP contribution in [-0.2, 0) is 19.5 Å². The fourth-order valence-corrected chi connectivity index (χ4v) is 2.00. The van der Waals surface area contributed by atoms with Crippen molar-refractivity contribution in [1.82, 2.24) is 4.72 Å². The molecule has 0 aromatic rings. The summed E-state index contributed by atoms with van der Waals surface area (Å²) in [5.74, 6) is -0.00507. The van der Waals surface area contributed by atoms with Crippen molar-refractivity contribution in [2.75, 3.05) is 32.7 Å². The lowest BCUT2D eigenvalue weighted by molar-refractivity contribution is 0.0784. The summed E-state index contributed by atoms with van der Waals surface area (Å²) < 4.78 is 34.8. The lowest BCUT2D eigenvalue weighted by Crippen LogP contribution is -2.33. The first-order valence-electron chi connectivity index (χ1n) is 4.54. The third-order valence-corrected chi connectivity index (χ3v) is 2.88. The molecule has 0 saturated carbocycles. The highest BCUT2D eigenvalue weighted by atomic mass is 32.2. The minimum absolute atomic E-state index is 0.00507. The Morgan fingerprint density at radius 2 is 1.86 bits per heavy atom. The summed E-state index contributed by atoms with van der Waals surface area (Å²) in [6, 6.07) is -0.0704. The molecule has 0 rings (SSSR count). The zero-order chi connectivity index (χ0) is 11.0. The molecule has 6 heteroatoms. The Labute approximate surface area is 85.8 Å². The van der Waals surface area contributed by atoms with E-state index in [9.17, 15) is 8.42 Å². The maximum absolute atomic E-state index is 11.3. The molecule has 0 amide bonds. The number of ether oxygens (including phenoxy) is 2. The molecule has 0 aliphatic carbocycles. The minimum atomic E-state index is -3.18. The van der Waals surface area contributed by atoms with Gasteiger partial charge in [-0.1, -0.05) is 0 Å². The van der Waals surface area contributed by atoms with E-state index in [1.54, 1.807) is 21.0 Å². The van der Waals surface area contributed by atoms with Crippen molar-refractivity contribution in [2.45, 2.75) is 19.9 Å². The van der Waals surface area contributed by atoms with Gasteiger partial charge in [-0.25, -0.2) is 13.1 Å². The van der Waals surface area contributed by atoms with Gasteiger partial charge in [0.25, 0.3) is 0 Å². The van der Waals surface area contributed by atoms with E-state index in [4.69, 9.17) is 9.47 Å². The molecule has 0 aromatic heterocycles. The van der Waals surface area contributed by atoms with Gasteiger partial charge in [0.05, 0.1) is 25.6 Å². The number of hydrogen-bond acceptors (Lipinski definition) is 4. The maximum Gasteiger partial charge on any atom is 0.214 e. The SMILES string of the molecule is COCCOCCS(=O)(=O)NC(C)C. The number of rotatable bonds is 8. The molecule has 0 aliphatic heterocycles. The summed E-state index contributed by atoms with van der Waals surface area (Å²) in [4.78, 5) is 0. The summed E-state index contributed by atoms with van der Waals surface area (Å²) in [5, 5.41) is 0. The Bertz CT molecular complexity index is 225. The molecule has 0 spiro atoms. The standard InChI is InChI=1S/C8H19NO4S/c1-8(2)9-14(10,11)7-6-13-5-4-12-3/h8-9H,4-7H2,1-3H3. The average molecular weight is 225 g/mol. The Morgan fingerprint density at radius 1 is 1.21 bits per heavy atom. The normalized spacial score (nSPS) is 12.3. The van der Waals surface area contributed by atoms with Gasteiger partial charge in [-0.2, -0.15) is 0 Å². The van der Waals surface area contributed by atoms with Crippen LogP contribution in [0, 0.1) is 0 Å². The van der Waals surface area contributed by atoms with Gasteiger partial charge in [0.1, 0.15) is 0 Å². The molecular weight excluding hydrogens is 206 g/mol. The van der Waals surface area contributed by atoms with Crippen LogP contribution in [0.2, 0.25) is 0 Å². The van der Waals surface area contributed by atoms with Gasteiger partial charge in [-0.05, 0) is 13.8 Å². The summed E-state index contributed by atoms with van der Waals surface area (Å²) in [6.07, 6.45) is 0. The van der Waals surface area contributed by atoms with Crippen LogP contribution in [0.5, 0.6) is 0 Å². The van der Waals surface area contributed by atoms with E-state index in [1.807, 2.05) is 0 Å². The van der Waals surface area contributed by atoms with Gasteiger partial charge in [-0.15, -0.1) is 0 Å². The van der Waals surface area contributed by atoms with E-state index in [0.29, 0.717) is 13.2 Å². The van der Waals surface area contributed by atoms with Crippen LogP contribution < -0.4 is 4.72 Å². The predicted octanol–water partition coefficient (Wildman–Crippen LogP) is -0.0228. The van der Waals surface area contributed by atoms with Crippen molar-refractivity contribution in [1.29, 1.82) is 0 Å². The first kappa shape index (κ1) is 13.8. The number of methoxy groups -OCH3 is 1. The van der Waals surface area contributed by atoms with Crippen LogP contribution in [0.1, 0.15) is 13.8 Å². The van der Waals surface area contributed by atoms with Crippen LogP contribution in [-0.4, -0.2) is 47.1 Å². The van der Waals surface area contributed by atoms with Gasteiger partial charge in [0.2, 0.25) is 10.0 Å². The monoisotopic (exact) mass is 225 g/mol. The molecule has 0 heterocycles. The minimum Gasteiger partial charge on any atom is -0.382 e. The summed E-state index contributed by atoms with van der Waals surface area (Å²) in [7, 11) is -1.61. The summed E-state index contributed by atoms with van der Waals surface area (Å²) >= 11 is 0. The molecule has 0 bridgehead atoms. The Balaban J connectivity index is 3.56. The quantitative estimate of drug-likeness (QED) is 0.590. The second kappa shape index (κ2) is 7.17. The van der Waals surface area contributed by atoms with Gasteiger partial charge in [0.15, 0.2) is 0 Å². The van der Waals surface area contributed by atoms with Crippen LogP contribution in [0.4, 0.5) is 0 Å². The highest BCUT2D eigenvalue weighted by molar-refractivity contribution is 7.89. The molecule has 0 atom stereocenters. The molecular formula is C8H19NO4S. The molecule has 5 nitrogen and oxygen atoms in total. The molecule has 0 aromatic carbocycles. The molecule has 0 aliphatic rings. The zero-order valence-corrected chi connectivity index (χ0v) is 9.76. The van der Waals surface area contributed by atoms with Crippen LogP contribution >= 0.6 is 0 Å². The Kier molecular flexibility index (Phi) is 7.08. The fraction of sp³-hybridized carbons (Fsp3) is 1.00. The topological polar surface area (TPSA) is 64.6 Å². The van der Waals surface area contributed by atoms with Crippen LogP contribution in [0.25, 0.3) is 0 Å². The second-order valence-corrected chi connectivity index (χ2v) is 5.07. The van der Waals surface area contributed by atoms with Crippen LogP contribution in [0.15, 0.2) is 0 Å². The van der Waals surface area contributed by atoms with Crippen LogP contribution in [0.3, 0.4) is 0 Å². The third-order valence-electron chi connectivity index (χ3n) is 1.34. The van der Waals surface area contributed by atoms with E-state index in [-0.39, 0.29) is 18.4 Å². The van der Waals surface area contributed by atoms with E-state index < -0.39 is 10.0 Å². The fourth-order valence-electron chi connectivity index (χ4n) is 0.831. The van der Waals surface area contributed by atoms with Crippen molar-refractivity contribution in [3.8, 4) is 0 Å². The van der Waals surface area contributed by atoms with Gasteiger partial charge < -0.3 is 9.47 Å². The predicted molar refractivity (Wildman–Crippen MR) is 54.8 cm³/mol. The molecule has 14 heavy (non-hydrogen) atoms. The van der Waals surface area contributed by atoms with Crippen molar-refractivity contribution in [2.24, 2.45) is 0 Å². The van der Waals surface area contributed by atoms with E-state index in [1.165, 1.54) is 0 Å². The van der Waals surface area contributed by atoms with E-state index in [2.05, 4.69) is 4.72 Å². The largest absolute Gasteiger partial charge is 0.382 e. The summed E-state index contributed by atoms with van der Waals surface area (Å²) in [6.45, 7) is 4.67. The molecule has 86 valence electrons. The zero-order valence-electron chi connectivity index (χ0n) is 8.95. The van der Waals surface area contributed by atoms with E-state index >= 15 is 0 Å². The lowest BCUT2D eigenvalue weighted by Gasteiger charge is -2.09. The Hall–Kier alpha value is -0.170. The molecule has 0 radical (unpaired) electrons. The van der Waals surface area contributed by atoms with Gasteiger partial charge in [0, 0.05) is 13.2 Å². The van der Waals surface area contributed by atoms with Crippen molar-refractivity contribution in [3.63, 3.8) is 0 Å². The van der Waals surface area contributed by atoms with E-state index in [0.717, 1.165) is 0 Å². The van der Waals surface area contributed by atoms with Gasteiger partial charge >= 0.3 is 0 Å². The molecule has 0 unspecified atom stereocenters. The number of sulfonamides is 1. The van der Waals surface area contributed by atoms with Crippen molar-refractivity contribution in [3.05, 3.63) is 0 Å². The summed E-state index contributed by atoms with van der Waals surface area (Å²) in [5.41, 5.74) is 0. The first-order chi connectivity index (χ1) is 6.48. The second-order valence-electron chi connectivity index (χ2n) is 3.20. The Morgan fingerprint density at radius 3 is 2.36 bits per heavy atom. The molecule has 0 saturated heterocycles. The maximum atomic E-state index is 11.3. The molecule has 1 N–H and O–H groups in total. The number of hydrogen-bond donors (Lipinski definition) is 1. The third kappa shape index (κ3) is 8.43. The van der Waals surface area contributed by atoms with Crippen molar-refractivity contribution < 1.29 is 17.9 Å². The molecule has 0 fully saturated rings.